The van der Waals surface area contributed by atoms with Crippen LogP contribution in [0.4, 0.5) is 0 Å². The van der Waals surface area contributed by atoms with E-state index in [-0.39, 0.29) is 0 Å². The molecule has 0 aliphatic carbocycles. The van der Waals surface area contributed by atoms with Crippen LogP contribution in [0.15, 0.2) is 36.5 Å². The Labute approximate surface area is 117 Å². The first-order valence-electron chi connectivity index (χ1n) is 5.96. The first kappa shape index (κ1) is 13.4. The molecule has 0 bridgehead atoms. The van der Waals surface area contributed by atoms with Crippen molar-refractivity contribution < 1.29 is 4.74 Å². The van der Waals surface area contributed by atoms with Gasteiger partial charge < -0.3 is 10.5 Å². The summed E-state index contributed by atoms with van der Waals surface area (Å²) in [6.45, 7) is 2.40. The topological polar surface area (TPSA) is 61.0 Å². The highest BCUT2D eigenvalue weighted by Gasteiger charge is 2.04. The van der Waals surface area contributed by atoms with Crippen molar-refractivity contribution in [3.63, 3.8) is 0 Å². The smallest absolute Gasteiger partial charge is 0.214 e. The van der Waals surface area contributed by atoms with Crippen molar-refractivity contribution in [2.75, 3.05) is 6.61 Å². The monoisotopic (exact) mass is 273 g/mol. The van der Waals surface area contributed by atoms with E-state index in [1.54, 1.807) is 12.3 Å². The molecule has 0 fully saturated rings. The van der Waals surface area contributed by atoms with Gasteiger partial charge in [0, 0.05) is 35.6 Å². The van der Waals surface area contributed by atoms with Gasteiger partial charge in [-0.3, -0.25) is 4.98 Å². The summed E-state index contributed by atoms with van der Waals surface area (Å²) in [6.07, 6.45) is 2.50. The molecule has 2 aromatic rings. The van der Waals surface area contributed by atoms with Gasteiger partial charge in [-0.1, -0.05) is 18.3 Å². The van der Waals surface area contributed by atoms with Crippen LogP contribution in [-0.4, -0.2) is 21.6 Å². The van der Waals surface area contributed by atoms with Gasteiger partial charge in [-0.2, -0.15) is 0 Å². The van der Waals surface area contributed by atoms with Crippen molar-refractivity contribution in [2.45, 2.75) is 13.3 Å². The Hall–Kier alpha value is -2.01. The summed E-state index contributed by atoms with van der Waals surface area (Å²) in [7, 11) is 0. The summed E-state index contributed by atoms with van der Waals surface area (Å²) in [5, 5.41) is 0. The molecule has 2 N–H and O–H groups in total. The van der Waals surface area contributed by atoms with Crippen molar-refractivity contribution in [1.29, 1.82) is 0 Å². The number of nitrogens with zero attached hydrogens (tertiary/aromatic N) is 2. The van der Waals surface area contributed by atoms with E-state index in [4.69, 9.17) is 22.7 Å². The molecule has 0 atom stereocenters. The van der Waals surface area contributed by atoms with E-state index in [1.165, 1.54) is 0 Å². The fourth-order valence-electron chi connectivity index (χ4n) is 1.66. The minimum absolute atomic E-state index is 0.347. The predicted molar refractivity (Wildman–Crippen MR) is 78.3 cm³/mol. The zero-order valence-electron chi connectivity index (χ0n) is 10.7. The molecule has 0 aliphatic rings. The Balaban J connectivity index is 1.98. The number of nitrogens with two attached hydrogens (primary N) is 1. The highest BCUT2D eigenvalue weighted by atomic mass is 32.1. The molecule has 2 rings (SSSR count). The molecule has 0 saturated carbocycles. The van der Waals surface area contributed by atoms with Gasteiger partial charge in [-0.15, -0.1) is 0 Å². The van der Waals surface area contributed by atoms with E-state index in [0.717, 1.165) is 23.4 Å². The molecule has 0 amide bonds. The Morgan fingerprint density at radius 2 is 2.21 bits per heavy atom. The molecular formula is C14H15N3OS. The lowest BCUT2D eigenvalue weighted by atomic mass is 10.2. The van der Waals surface area contributed by atoms with Gasteiger partial charge in [0.15, 0.2) is 0 Å². The van der Waals surface area contributed by atoms with E-state index in [1.807, 2.05) is 31.2 Å². The normalized spacial score (nSPS) is 10.2. The van der Waals surface area contributed by atoms with Crippen LogP contribution >= 0.6 is 12.2 Å². The maximum Gasteiger partial charge on any atom is 0.214 e. The van der Waals surface area contributed by atoms with Gasteiger partial charge in [-0.05, 0) is 25.1 Å². The second-order valence-electron chi connectivity index (χ2n) is 4.12. The van der Waals surface area contributed by atoms with Crippen LogP contribution in [0.2, 0.25) is 0 Å². The molecule has 2 heterocycles. The van der Waals surface area contributed by atoms with E-state index >= 15 is 0 Å². The van der Waals surface area contributed by atoms with E-state index in [9.17, 15) is 0 Å². The van der Waals surface area contributed by atoms with Crippen molar-refractivity contribution in [2.24, 2.45) is 5.73 Å². The van der Waals surface area contributed by atoms with Crippen LogP contribution in [0.5, 0.6) is 5.88 Å². The van der Waals surface area contributed by atoms with Crippen molar-refractivity contribution in [1.82, 2.24) is 9.97 Å². The number of pyridine rings is 2. The number of aryl methyl sites for hydroxylation is 1. The summed E-state index contributed by atoms with van der Waals surface area (Å²) < 4.78 is 5.62. The number of hydrogen-bond acceptors (Lipinski definition) is 4. The molecule has 4 nitrogen and oxygen atoms in total. The molecule has 0 spiro atoms. The standard InChI is InChI=1S/C14H15N3OS/c1-10-8-11(14(15)19)9-13(17-10)18-7-5-12-4-2-3-6-16-12/h2-4,6,8-9H,5,7H2,1H3,(H2,15,19). The maximum atomic E-state index is 5.62. The minimum Gasteiger partial charge on any atom is -0.477 e. The third-order valence-electron chi connectivity index (χ3n) is 2.55. The summed E-state index contributed by atoms with van der Waals surface area (Å²) in [5.74, 6) is 0.540. The third-order valence-corrected chi connectivity index (χ3v) is 2.78. The van der Waals surface area contributed by atoms with Crippen LogP contribution in [-0.2, 0) is 6.42 Å². The van der Waals surface area contributed by atoms with Crippen molar-refractivity contribution in [3.05, 3.63) is 53.5 Å². The number of hydrogen-bond donors (Lipinski definition) is 1. The Kier molecular flexibility index (Phi) is 4.41. The van der Waals surface area contributed by atoms with Crippen LogP contribution in [0.3, 0.4) is 0 Å². The average molecular weight is 273 g/mol. The maximum absolute atomic E-state index is 5.62. The van der Waals surface area contributed by atoms with Crippen molar-refractivity contribution >= 4 is 17.2 Å². The quantitative estimate of drug-likeness (QED) is 0.845. The first-order chi connectivity index (χ1) is 9.15. The molecule has 0 aromatic carbocycles. The highest BCUT2D eigenvalue weighted by Crippen LogP contribution is 2.12. The summed E-state index contributed by atoms with van der Waals surface area (Å²) in [6, 6.07) is 9.41. The van der Waals surface area contributed by atoms with E-state index < -0.39 is 0 Å². The summed E-state index contributed by atoms with van der Waals surface area (Å²) in [4.78, 5) is 8.87. The molecule has 2 aromatic heterocycles. The fourth-order valence-corrected chi connectivity index (χ4v) is 1.78. The summed E-state index contributed by atoms with van der Waals surface area (Å²) >= 11 is 4.95. The Morgan fingerprint density at radius 3 is 2.89 bits per heavy atom. The van der Waals surface area contributed by atoms with Gasteiger partial charge in [-0.25, -0.2) is 4.98 Å². The van der Waals surface area contributed by atoms with E-state index in [0.29, 0.717) is 17.5 Å². The van der Waals surface area contributed by atoms with Gasteiger partial charge in [0.2, 0.25) is 5.88 Å². The predicted octanol–water partition coefficient (Wildman–Crippen LogP) is 2.04. The van der Waals surface area contributed by atoms with Crippen LogP contribution < -0.4 is 10.5 Å². The minimum atomic E-state index is 0.347. The lowest BCUT2D eigenvalue weighted by Crippen LogP contribution is -2.11. The van der Waals surface area contributed by atoms with Crippen molar-refractivity contribution in [3.8, 4) is 5.88 Å². The molecule has 0 aliphatic heterocycles. The molecule has 19 heavy (non-hydrogen) atoms. The zero-order chi connectivity index (χ0) is 13.7. The second kappa shape index (κ2) is 6.24. The van der Waals surface area contributed by atoms with Gasteiger partial charge >= 0.3 is 0 Å². The SMILES string of the molecule is Cc1cc(C(N)=S)cc(OCCc2ccccn2)n1. The number of thiocarbonyl (C=S) groups is 1. The summed E-state index contributed by atoms with van der Waals surface area (Å²) in [5.41, 5.74) is 8.20. The van der Waals surface area contributed by atoms with Gasteiger partial charge in [0.05, 0.1) is 6.61 Å². The fraction of sp³-hybridized carbons (Fsp3) is 0.214. The molecule has 98 valence electrons. The molecule has 0 unspecified atom stereocenters. The van der Waals surface area contributed by atoms with Crippen LogP contribution in [0, 0.1) is 6.92 Å². The lowest BCUT2D eigenvalue weighted by Gasteiger charge is -2.08. The molecule has 0 radical (unpaired) electrons. The van der Waals surface area contributed by atoms with Gasteiger partial charge in [0.1, 0.15) is 4.99 Å². The lowest BCUT2D eigenvalue weighted by molar-refractivity contribution is 0.307. The highest BCUT2D eigenvalue weighted by molar-refractivity contribution is 7.80. The average Bonchev–Trinajstić information content (AvgIpc) is 2.39. The van der Waals surface area contributed by atoms with Crippen LogP contribution in [0.25, 0.3) is 0 Å². The Morgan fingerprint density at radius 1 is 1.37 bits per heavy atom. The first-order valence-corrected chi connectivity index (χ1v) is 6.37. The van der Waals surface area contributed by atoms with Crippen LogP contribution in [0.1, 0.15) is 17.0 Å². The third kappa shape index (κ3) is 3.99. The molecule has 0 saturated heterocycles. The number of aromatic nitrogens is 2. The molecule has 5 heteroatoms. The Bertz CT molecular complexity index is 572. The van der Waals surface area contributed by atoms with Gasteiger partial charge in [0.25, 0.3) is 0 Å². The number of rotatable bonds is 5. The zero-order valence-corrected chi connectivity index (χ0v) is 11.5. The second-order valence-corrected chi connectivity index (χ2v) is 4.56. The number of ether oxygens (including phenoxy) is 1. The van der Waals surface area contributed by atoms with E-state index in [2.05, 4.69) is 9.97 Å². The largest absolute Gasteiger partial charge is 0.477 e. The molecular weight excluding hydrogens is 258 g/mol.